The Bertz CT molecular complexity index is 834. The van der Waals surface area contributed by atoms with Gasteiger partial charge in [0, 0.05) is 17.5 Å². The minimum absolute atomic E-state index is 0.199. The highest BCUT2D eigenvalue weighted by Gasteiger charge is 2.54. The van der Waals surface area contributed by atoms with Gasteiger partial charge in [-0.15, -0.1) is 0 Å². The van der Waals surface area contributed by atoms with Gasteiger partial charge < -0.3 is 20.1 Å². The van der Waals surface area contributed by atoms with Crippen LogP contribution in [0.15, 0.2) is 24.4 Å². The van der Waals surface area contributed by atoms with Crippen LogP contribution >= 0.6 is 11.6 Å². The van der Waals surface area contributed by atoms with Crippen molar-refractivity contribution in [2.45, 2.75) is 44.8 Å². The molecule has 1 amide bonds. The normalized spacial score (nSPS) is 15.7. The standard InChI is InChI=1S/C18H21ClN2O5/c1-4-10(2)26-17(25)18(16(23)24,21-9-22)11(3)13-8-20-15-12(13)6-5-7-14(15)19/h5-11,20H,4H2,1-3H3,(H,21,22)(H,23,24). The quantitative estimate of drug-likeness (QED) is 0.370. The summed E-state index contributed by atoms with van der Waals surface area (Å²) in [5, 5.41) is 13.2. The third-order valence-corrected chi connectivity index (χ3v) is 4.96. The zero-order chi connectivity index (χ0) is 19.5. The van der Waals surface area contributed by atoms with Crippen LogP contribution in [0.3, 0.4) is 0 Å². The Kier molecular flexibility index (Phi) is 5.92. The number of carbonyl (C=O) groups excluding carboxylic acids is 2. The maximum Gasteiger partial charge on any atom is 0.344 e. The first-order valence-corrected chi connectivity index (χ1v) is 8.58. The third kappa shape index (κ3) is 3.26. The molecule has 0 spiro atoms. The molecule has 0 aliphatic carbocycles. The molecule has 0 radical (unpaired) electrons. The van der Waals surface area contributed by atoms with Crippen molar-refractivity contribution >= 4 is 40.9 Å². The Morgan fingerprint density at radius 3 is 2.69 bits per heavy atom. The van der Waals surface area contributed by atoms with Gasteiger partial charge in [-0.05, 0) is 25.0 Å². The lowest BCUT2D eigenvalue weighted by molar-refractivity contribution is -0.168. The second-order valence-electron chi connectivity index (χ2n) is 6.13. The minimum Gasteiger partial charge on any atom is -0.479 e. The highest BCUT2D eigenvalue weighted by Crippen LogP contribution is 2.36. The van der Waals surface area contributed by atoms with E-state index in [0.29, 0.717) is 27.9 Å². The van der Waals surface area contributed by atoms with Crippen molar-refractivity contribution in [2.75, 3.05) is 0 Å². The fraction of sp³-hybridized carbons (Fsp3) is 0.389. The van der Waals surface area contributed by atoms with Gasteiger partial charge in [-0.2, -0.15) is 0 Å². The van der Waals surface area contributed by atoms with Gasteiger partial charge in [-0.3, -0.25) is 4.79 Å². The van der Waals surface area contributed by atoms with Gasteiger partial charge in [-0.25, -0.2) is 9.59 Å². The van der Waals surface area contributed by atoms with Crippen molar-refractivity contribution in [3.8, 4) is 0 Å². The number of nitrogens with one attached hydrogen (secondary N) is 2. The number of fused-ring (bicyclic) bond motifs is 1. The van der Waals surface area contributed by atoms with Crippen molar-refractivity contribution in [3.63, 3.8) is 0 Å². The monoisotopic (exact) mass is 380 g/mol. The van der Waals surface area contributed by atoms with E-state index < -0.39 is 29.5 Å². The van der Waals surface area contributed by atoms with Gasteiger partial charge in [0.25, 0.3) is 0 Å². The number of aromatic nitrogens is 1. The first-order valence-electron chi connectivity index (χ1n) is 8.20. The van der Waals surface area contributed by atoms with Crippen LogP contribution in [-0.2, 0) is 19.1 Å². The summed E-state index contributed by atoms with van der Waals surface area (Å²) in [4.78, 5) is 39.0. The van der Waals surface area contributed by atoms with E-state index in [1.54, 1.807) is 45.2 Å². The summed E-state index contributed by atoms with van der Waals surface area (Å²) in [6.07, 6.45) is 1.81. The second-order valence-corrected chi connectivity index (χ2v) is 6.53. The molecule has 7 nitrogen and oxygen atoms in total. The van der Waals surface area contributed by atoms with Crippen molar-refractivity contribution in [2.24, 2.45) is 0 Å². The second kappa shape index (κ2) is 7.78. The van der Waals surface area contributed by atoms with Crippen LogP contribution in [0.5, 0.6) is 0 Å². The molecule has 0 aliphatic heterocycles. The number of halogens is 1. The highest BCUT2D eigenvalue weighted by atomic mass is 35.5. The lowest BCUT2D eigenvalue weighted by Crippen LogP contribution is -2.62. The van der Waals surface area contributed by atoms with Crippen molar-refractivity contribution in [1.82, 2.24) is 10.3 Å². The number of amides is 1. The fourth-order valence-electron chi connectivity index (χ4n) is 2.88. The maximum absolute atomic E-state index is 12.7. The summed E-state index contributed by atoms with van der Waals surface area (Å²) in [6, 6.07) is 5.18. The zero-order valence-electron chi connectivity index (χ0n) is 14.7. The molecular formula is C18H21ClN2O5. The number of carboxylic acids is 1. The summed E-state index contributed by atoms with van der Waals surface area (Å²) in [6.45, 7) is 5.01. The Balaban J connectivity index is 2.59. The molecule has 1 heterocycles. The molecule has 3 atom stereocenters. The van der Waals surface area contributed by atoms with E-state index in [2.05, 4.69) is 10.3 Å². The minimum atomic E-state index is -2.26. The number of para-hydroxylation sites is 1. The molecule has 1 aromatic carbocycles. The number of carboxylic acid groups (broad SMARTS) is 1. The number of esters is 1. The lowest BCUT2D eigenvalue weighted by atomic mass is 9.80. The van der Waals surface area contributed by atoms with Crippen LogP contribution in [0.1, 0.15) is 38.7 Å². The van der Waals surface area contributed by atoms with E-state index in [1.165, 1.54) is 0 Å². The molecule has 0 fully saturated rings. The molecule has 140 valence electrons. The number of hydrogen-bond acceptors (Lipinski definition) is 4. The molecule has 26 heavy (non-hydrogen) atoms. The molecule has 8 heteroatoms. The number of carbonyl (C=O) groups is 3. The van der Waals surface area contributed by atoms with Crippen LogP contribution in [-0.4, -0.2) is 40.1 Å². The Hall–Kier alpha value is -2.54. The number of ether oxygens (including phenoxy) is 1. The van der Waals surface area contributed by atoms with Crippen molar-refractivity contribution in [1.29, 1.82) is 0 Å². The molecule has 2 rings (SSSR count). The molecule has 0 aliphatic rings. The molecule has 2 aromatic rings. The van der Waals surface area contributed by atoms with Crippen molar-refractivity contribution < 1.29 is 24.2 Å². The predicted octanol–water partition coefficient (Wildman–Crippen LogP) is 2.84. The number of hydrogen-bond donors (Lipinski definition) is 3. The molecular weight excluding hydrogens is 360 g/mol. The van der Waals surface area contributed by atoms with Gasteiger partial charge in [-0.1, -0.05) is 37.6 Å². The van der Waals surface area contributed by atoms with E-state index in [9.17, 15) is 19.5 Å². The van der Waals surface area contributed by atoms with E-state index in [1.807, 2.05) is 0 Å². The zero-order valence-corrected chi connectivity index (χ0v) is 15.5. The predicted molar refractivity (Wildman–Crippen MR) is 97.1 cm³/mol. The molecule has 3 N–H and O–H groups in total. The van der Waals surface area contributed by atoms with Gasteiger partial charge in [0.15, 0.2) is 0 Å². The number of rotatable bonds is 8. The van der Waals surface area contributed by atoms with Crippen molar-refractivity contribution in [3.05, 3.63) is 35.0 Å². The largest absolute Gasteiger partial charge is 0.479 e. The summed E-state index contributed by atoms with van der Waals surface area (Å²) >= 11 is 6.15. The third-order valence-electron chi connectivity index (χ3n) is 4.64. The Morgan fingerprint density at radius 2 is 2.12 bits per heavy atom. The van der Waals surface area contributed by atoms with E-state index in [-0.39, 0.29) is 6.41 Å². The van der Waals surface area contributed by atoms with E-state index >= 15 is 0 Å². The molecule has 1 aromatic heterocycles. The SMILES string of the molecule is CCC(C)OC(=O)C(NC=O)(C(=O)O)C(C)c1c[nH]c2c(Cl)cccc12. The summed E-state index contributed by atoms with van der Waals surface area (Å²) in [5.74, 6) is -3.44. The molecule has 0 bridgehead atoms. The highest BCUT2D eigenvalue weighted by molar-refractivity contribution is 6.35. The first kappa shape index (κ1) is 19.8. The van der Waals surface area contributed by atoms with Gasteiger partial charge in [0.05, 0.1) is 16.6 Å². The fourth-order valence-corrected chi connectivity index (χ4v) is 3.11. The van der Waals surface area contributed by atoms with E-state index in [0.717, 1.165) is 0 Å². The number of H-pyrrole nitrogens is 1. The van der Waals surface area contributed by atoms with Crippen LogP contribution in [0.25, 0.3) is 10.9 Å². The summed E-state index contributed by atoms with van der Waals surface area (Å²) in [7, 11) is 0. The number of benzene rings is 1. The number of aliphatic carboxylic acids is 1. The average Bonchev–Trinajstić information content (AvgIpc) is 3.03. The van der Waals surface area contributed by atoms with Gasteiger partial charge in [0.2, 0.25) is 11.9 Å². The van der Waals surface area contributed by atoms with Crippen LogP contribution in [0.2, 0.25) is 5.02 Å². The number of aromatic amines is 1. The Labute approximate surface area is 155 Å². The lowest BCUT2D eigenvalue weighted by Gasteiger charge is -2.33. The summed E-state index contributed by atoms with van der Waals surface area (Å²) < 4.78 is 5.26. The molecule has 0 saturated carbocycles. The first-order chi connectivity index (χ1) is 12.3. The van der Waals surface area contributed by atoms with E-state index in [4.69, 9.17) is 16.3 Å². The maximum atomic E-state index is 12.7. The smallest absolute Gasteiger partial charge is 0.344 e. The van der Waals surface area contributed by atoms with Crippen LogP contribution < -0.4 is 5.32 Å². The Morgan fingerprint density at radius 1 is 1.42 bits per heavy atom. The molecule has 0 saturated heterocycles. The summed E-state index contributed by atoms with van der Waals surface area (Å²) in [5.41, 5.74) is -1.11. The average molecular weight is 381 g/mol. The van der Waals surface area contributed by atoms with Gasteiger partial charge >= 0.3 is 11.9 Å². The van der Waals surface area contributed by atoms with Crippen LogP contribution in [0, 0.1) is 0 Å². The van der Waals surface area contributed by atoms with Crippen LogP contribution in [0.4, 0.5) is 0 Å². The molecule has 3 unspecified atom stereocenters. The van der Waals surface area contributed by atoms with Gasteiger partial charge in [0.1, 0.15) is 0 Å². The topological polar surface area (TPSA) is 108 Å².